The lowest BCUT2D eigenvalue weighted by atomic mass is 10.1. The van der Waals surface area contributed by atoms with Crippen LogP contribution < -0.4 is 16.4 Å². The van der Waals surface area contributed by atoms with Crippen LogP contribution >= 0.6 is 11.8 Å². The fraction of sp³-hybridized carbons (Fsp3) is 0.529. The molecule has 2 unspecified atom stereocenters. The Balaban J connectivity index is 2.51. The topological polar surface area (TPSA) is 84.2 Å². The molecule has 6 heteroatoms. The highest BCUT2D eigenvalue weighted by atomic mass is 32.2. The number of amides is 2. The number of thioether (sulfide) groups is 1. The van der Waals surface area contributed by atoms with Gasteiger partial charge < -0.3 is 16.4 Å². The summed E-state index contributed by atoms with van der Waals surface area (Å²) in [5, 5.41) is 5.69. The third kappa shape index (κ3) is 8.62. The summed E-state index contributed by atoms with van der Waals surface area (Å²) in [4.78, 5) is 24.4. The van der Waals surface area contributed by atoms with E-state index in [1.165, 1.54) is 0 Å². The number of carbonyl (C=O) groups is 2. The van der Waals surface area contributed by atoms with Crippen molar-refractivity contribution in [3.05, 3.63) is 35.9 Å². The molecule has 0 saturated heterocycles. The minimum absolute atomic E-state index is 0.0487. The molecule has 1 aromatic carbocycles. The van der Waals surface area contributed by atoms with E-state index in [9.17, 15) is 9.59 Å². The molecule has 0 fully saturated rings. The van der Waals surface area contributed by atoms with E-state index in [1.54, 1.807) is 11.8 Å². The summed E-state index contributed by atoms with van der Waals surface area (Å²) in [6.45, 7) is 2.43. The van der Waals surface area contributed by atoms with E-state index in [4.69, 9.17) is 5.73 Å². The Morgan fingerprint density at radius 2 is 1.91 bits per heavy atom. The molecule has 1 rings (SSSR count). The van der Waals surface area contributed by atoms with Gasteiger partial charge in [-0.25, -0.2) is 0 Å². The third-order valence-corrected chi connectivity index (χ3v) is 4.01. The summed E-state index contributed by atoms with van der Waals surface area (Å²) in [5.74, 6) is 0.544. The van der Waals surface area contributed by atoms with Gasteiger partial charge in [0.2, 0.25) is 11.8 Å². The number of benzene rings is 1. The maximum atomic E-state index is 12.2. The van der Waals surface area contributed by atoms with Crippen molar-refractivity contribution in [2.75, 3.05) is 18.6 Å². The second-order valence-electron chi connectivity index (χ2n) is 5.62. The van der Waals surface area contributed by atoms with Crippen LogP contribution in [-0.2, 0) is 16.0 Å². The van der Waals surface area contributed by atoms with Gasteiger partial charge in [0.15, 0.2) is 0 Å². The quantitative estimate of drug-likeness (QED) is 0.601. The Bertz CT molecular complexity index is 480. The average molecular weight is 337 g/mol. The zero-order chi connectivity index (χ0) is 17.1. The second-order valence-corrected chi connectivity index (χ2v) is 6.61. The van der Waals surface area contributed by atoms with E-state index < -0.39 is 6.04 Å². The Morgan fingerprint density at radius 3 is 2.52 bits per heavy atom. The van der Waals surface area contributed by atoms with Gasteiger partial charge in [0.05, 0.1) is 6.42 Å². The first-order valence-corrected chi connectivity index (χ1v) is 9.27. The van der Waals surface area contributed by atoms with Crippen LogP contribution in [0.15, 0.2) is 30.3 Å². The van der Waals surface area contributed by atoms with Crippen molar-refractivity contribution >= 4 is 23.6 Å². The molecule has 0 heterocycles. The molecule has 5 nitrogen and oxygen atoms in total. The second kappa shape index (κ2) is 11.1. The summed E-state index contributed by atoms with van der Waals surface area (Å²) in [5.41, 5.74) is 6.61. The van der Waals surface area contributed by atoms with Gasteiger partial charge in [-0.05, 0) is 37.3 Å². The average Bonchev–Trinajstić information content (AvgIpc) is 2.51. The molecule has 0 bridgehead atoms. The molecule has 0 aliphatic carbocycles. The van der Waals surface area contributed by atoms with Gasteiger partial charge in [0, 0.05) is 12.6 Å². The Kier molecular flexibility index (Phi) is 9.40. The Morgan fingerprint density at radius 1 is 1.22 bits per heavy atom. The summed E-state index contributed by atoms with van der Waals surface area (Å²) >= 11 is 1.66. The van der Waals surface area contributed by atoms with Gasteiger partial charge in [0.1, 0.15) is 6.04 Å². The monoisotopic (exact) mass is 337 g/mol. The van der Waals surface area contributed by atoms with Crippen LogP contribution in [0.4, 0.5) is 0 Å². The van der Waals surface area contributed by atoms with Gasteiger partial charge >= 0.3 is 0 Å². The fourth-order valence-corrected chi connectivity index (χ4v) is 2.55. The van der Waals surface area contributed by atoms with Crippen LogP contribution in [0.25, 0.3) is 0 Å². The van der Waals surface area contributed by atoms with E-state index in [2.05, 4.69) is 10.6 Å². The predicted octanol–water partition coefficient (Wildman–Crippen LogP) is 1.32. The predicted molar refractivity (Wildman–Crippen MR) is 96.4 cm³/mol. The van der Waals surface area contributed by atoms with Crippen LogP contribution in [0, 0.1) is 0 Å². The first kappa shape index (κ1) is 19.5. The molecule has 2 amide bonds. The van der Waals surface area contributed by atoms with E-state index in [0.29, 0.717) is 13.0 Å². The summed E-state index contributed by atoms with van der Waals surface area (Å²) in [7, 11) is 0. The summed E-state index contributed by atoms with van der Waals surface area (Å²) in [6, 6.07) is 9.06. The lowest BCUT2D eigenvalue weighted by molar-refractivity contribution is -0.128. The Labute approximate surface area is 142 Å². The first-order chi connectivity index (χ1) is 11.0. The van der Waals surface area contributed by atoms with Gasteiger partial charge in [0.25, 0.3) is 0 Å². The zero-order valence-corrected chi connectivity index (χ0v) is 14.7. The number of nitrogens with one attached hydrogen (secondary N) is 2. The van der Waals surface area contributed by atoms with Crippen LogP contribution in [-0.4, -0.2) is 42.5 Å². The number of rotatable bonds is 10. The van der Waals surface area contributed by atoms with E-state index in [1.807, 2.05) is 43.5 Å². The smallest absolute Gasteiger partial charge is 0.242 e. The van der Waals surface area contributed by atoms with Crippen molar-refractivity contribution in [3.63, 3.8) is 0 Å². The molecule has 1 aromatic rings. The number of nitrogens with two attached hydrogens (primary N) is 1. The molecule has 128 valence electrons. The number of carbonyl (C=O) groups excluding carboxylic acids is 2. The van der Waals surface area contributed by atoms with Gasteiger partial charge in [-0.3, -0.25) is 9.59 Å². The van der Waals surface area contributed by atoms with Crippen molar-refractivity contribution in [1.29, 1.82) is 0 Å². The molecule has 0 radical (unpaired) electrons. The summed E-state index contributed by atoms with van der Waals surface area (Å²) in [6.07, 6.45) is 3.60. The largest absolute Gasteiger partial charge is 0.354 e. The summed E-state index contributed by atoms with van der Waals surface area (Å²) < 4.78 is 0. The molecule has 0 saturated carbocycles. The first-order valence-electron chi connectivity index (χ1n) is 7.88. The van der Waals surface area contributed by atoms with Crippen molar-refractivity contribution in [2.45, 2.75) is 38.3 Å². The van der Waals surface area contributed by atoms with E-state index in [-0.39, 0.29) is 24.3 Å². The molecular weight excluding hydrogens is 310 g/mol. The molecular formula is C17H27N3O2S. The molecule has 2 atom stereocenters. The van der Waals surface area contributed by atoms with E-state index >= 15 is 0 Å². The van der Waals surface area contributed by atoms with Gasteiger partial charge in [-0.1, -0.05) is 30.3 Å². The molecule has 0 aliphatic rings. The number of hydrogen-bond donors (Lipinski definition) is 3. The van der Waals surface area contributed by atoms with Crippen LogP contribution in [0.1, 0.15) is 25.3 Å². The van der Waals surface area contributed by atoms with Crippen molar-refractivity contribution in [2.24, 2.45) is 5.73 Å². The zero-order valence-electron chi connectivity index (χ0n) is 13.9. The normalized spacial score (nSPS) is 13.2. The Hall–Kier alpha value is -1.53. The minimum atomic E-state index is -0.494. The van der Waals surface area contributed by atoms with Crippen LogP contribution in [0.5, 0.6) is 0 Å². The van der Waals surface area contributed by atoms with Crippen molar-refractivity contribution in [1.82, 2.24) is 10.6 Å². The lowest BCUT2D eigenvalue weighted by Gasteiger charge is -2.18. The lowest BCUT2D eigenvalue weighted by Crippen LogP contribution is -2.48. The van der Waals surface area contributed by atoms with Gasteiger partial charge in [-0.15, -0.1) is 0 Å². The van der Waals surface area contributed by atoms with Crippen LogP contribution in [0.2, 0.25) is 0 Å². The van der Waals surface area contributed by atoms with Crippen molar-refractivity contribution < 1.29 is 9.59 Å². The molecule has 0 spiro atoms. The molecule has 4 N–H and O–H groups in total. The molecule has 23 heavy (non-hydrogen) atoms. The minimum Gasteiger partial charge on any atom is -0.354 e. The van der Waals surface area contributed by atoms with Gasteiger partial charge in [-0.2, -0.15) is 11.8 Å². The van der Waals surface area contributed by atoms with Crippen LogP contribution in [0.3, 0.4) is 0 Å². The SMILES string of the molecule is CSCCC(NC(=O)Cc1ccccc1)C(=O)NCCC(C)N. The standard InChI is InChI=1S/C17H27N3O2S/c1-13(18)8-10-19-17(22)15(9-11-23-2)20-16(21)12-14-6-4-3-5-7-14/h3-7,13,15H,8-12,18H2,1-2H3,(H,19,22)(H,20,21). The maximum absolute atomic E-state index is 12.2. The highest BCUT2D eigenvalue weighted by Crippen LogP contribution is 2.04. The maximum Gasteiger partial charge on any atom is 0.242 e. The number of hydrogen-bond acceptors (Lipinski definition) is 4. The fourth-order valence-electron chi connectivity index (χ4n) is 2.08. The van der Waals surface area contributed by atoms with Crippen molar-refractivity contribution in [3.8, 4) is 0 Å². The molecule has 0 aromatic heterocycles. The highest BCUT2D eigenvalue weighted by molar-refractivity contribution is 7.98. The van der Waals surface area contributed by atoms with E-state index in [0.717, 1.165) is 17.7 Å². The molecule has 0 aliphatic heterocycles. The third-order valence-electron chi connectivity index (χ3n) is 3.37. The highest BCUT2D eigenvalue weighted by Gasteiger charge is 2.20.